The maximum Gasteiger partial charge on any atom is 0.181 e. The second-order valence-corrected chi connectivity index (χ2v) is 15.2. The van der Waals surface area contributed by atoms with Gasteiger partial charge in [0.15, 0.2) is 5.65 Å². The number of nitrogens with one attached hydrogen (secondary N) is 4. The summed E-state index contributed by atoms with van der Waals surface area (Å²) in [6.45, 7) is 17.0. The number of H-pyrrole nitrogens is 2. The molecule has 4 heterocycles. The summed E-state index contributed by atoms with van der Waals surface area (Å²) in [6, 6.07) is 9.15. The zero-order valence-corrected chi connectivity index (χ0v) is 27.3. The summed E-state index contributed by atoms with van der Waals surface area (Å²) in [5.74, 6) is 7.80. The Morgan fingerprint density at radius 2 is 1.84 bits per heavy atom. The Balaban J connectivity index is 1.53. The lowest BCUT2D eigenvalue weighted by atomic mass is 9.92. The van der Waals surface area contributed by atoms with Crippen molar-refractivity contribution in [2.24, 2.45) is 5.41 Å². The van der Waals surface area contributed by atoms with Gasteiger partial charge in [-0.3, -0.25) is 14.8 Å². The summed E-state index contributed by atoms with van der Waals surface area (Å²) in [4.78, 5) is 12.6. The first-order chi connectivity index (χ1) is 21.3. The highest BCUT2D eigenvalue weighted by atomic mass is 32.2. The van der Waals surface area contributed by atoms with E-state index in [-0.39, 0.29) is 11.2 Å². The molecule has 0 saturated heterocycles. The third-order valence-corrected chi connectivity index (χ3v) is 8.33. The summed E-state index contributed by atoms with van der Waals surface area (Å²) in [5, 5.41) is 12.8. The monoisotopic (exact) mass is 621 g/mol. The van der Waals surface area contributed by atoms with Crippen LogP contribution in [0.25, 0.3) is 50.0 Å². The van der Waals surface area contributed by atoms with Crippen molar-refractivity contribution in [2.75, 3.05) is 6.26 Å². The molecule has 0 aliphatic rings. The van der Waals surface area contributed by atoms with Crippen LogP contribution in [0.15, 0.2) is 91.7 Å². The predicted octanol–water partition coefficient (Wildman–Crippen LogP) is 8.23. The maximum atomic E-state index is 14.8. The quantitative estimate of drug-likeness (QED) is 0.0931. The molecule has 4 N–H and O–H groups in total. The Kier molecular flexibility index (Phi) is 8.69. The molecule has 0 aliphatic heterocycles. The summed E-state index contributed by atoms with van der Waals surface area (Å²) in [6.07, 6.45) is 13.1. The molecule has 0 aliphatic carbocycles. The molecule has 0 bridgehead atoms. The van der Waals surface area contributed by atoms with Gasteiger partial charge in [-0.2, -0.15) is 14.5 Å². The van der Waals surface area contributed by atoms with E-state index in [9.17, 15) is 4.39 Å². The molecule has 9 heteroatoms. The lowest BCUT2D eigenvalue weighted by Gasteiger charge is -2.23. The number of hydrogen-bond acceptors (Lipinski definition) is 5. The molecular weight excluding hydrogens is 582 g/mol. The standard InChI is InChI=1S/C36H40FN7S/c1-10-24(15-28(11-2)41-22(3)36(4,5)6)26-16-30-34(43-44-35(30)39-19-26)32-17-29-31(20-38-21-33(29)42-32)25-12-23(13-27(37)14-25)18-40-45(7,8)9/h10-17,19-21,40-42H,2-3,7-8,18H2,1,4-6,9H3,(H,39,43,44)/b24-10+,28-15+. The van der Waals surface area contributed by atoms with Gasteiger partial charge >= 0.3 is 0 Å². The third kappa shape index (κ3) is 7.16. The number of fused-ring (bicyclic) bond motifs is 2. The van der Waals surface area contributed by atoms with Gasteiger partial charge in [0.05, 0.1) is 23.1 Å². The number of allylic oxidation sites excluding steroid dienone is 5. The smallest absolute Gasteiger partial charge is 0.181 e. The number of hydrogen-bond donors (Lipinski definition) is 4. The molecule has 45 heavy (non-hydrogen) atoms. The molecule has 0 amide bonds. The Bertz CT molecular complexity index is 2100. The van der Waals surface area contributed by atoms with Gasteiger partial charge < -0.3 is 10.3 Å². The van der Waals surface area contributed by atoms with Crippen molar-refractivity contribution in [3.05, 3.63) is 109 Å². The van der Waals surface area contributed by atoms with E-state index in [4.69, 9.17) is 0 Å². The van der Waals surface area contributed by atoms with Gasteiger partial charge in [0.1, 0.15) is 5.82 Å². The van der Waals surface area contributed by atoms with Crippen molar-refractivity contribution in [2.45, 2.75) is 34.2 Å². The molecule has 4 aromatic heterocycles. The van der Waals surface area contributed by atoms with Gasteiger partial charge in [0, 0.05) is 57.6 Å². The van der Waals surface area contributed by atoms with Crippen molar-refractivity contribution >= 4 is 48.6 Å². The van der Waals surface area contributed by atoms with Gasteiger partial charge in [-0.1, -0.05) is 51.7 Å². The highest BCUT2D eigenvalue weighted by Gasteiger charge is 2.17. The van der Waals surface area contributed by atoms with Crippen LogP contribution in [-0.4, -0.2) is 43.1 Å². The van der Waals surface area contributed by atoms with Crippen molar-refractivity contribution < 1.29 is 4.39 Å². The summed E-state index contributed by atoms with van der Waals surface area (Å²) in [5.41, 5.74) is 8.94. The lowest BCUT2D eigenvalue weighted by molar-refractivity contribution is 0.478. The van der Waals surface area contributed by atoms with E-state index < -0.39 is 9.39 Å². The Labute approximate surface area is 264 Å². The second kappa shape index (κ2) is 12.3. The number of rotatable bonds is 10. The molecule has 0 saturated carbocycles. The number of halogens is 1. The fourth-order valence-corrected chi connectivity index (χ4v) is 5.37. The summed E-state index contributed by atoms with van der Waals surface area (Å²) in [7, 11) is -1.44. The van der Waals surface area contributed by atoms with Crippen LogP contribution in [0.1, 0.15) is 38.8 Å². The molecule has 5 rings (SSSR count). The second-order valence-electron chi connectivity index (χ2n) is 12.4. The van der Waals surface area contributed by atoms with Crippen LogP contribution in [0, 0.1) is 11.2 Å². The zero-order chi connectivity index (χ0) is 32.5. The topological polar surface area (TPSA) is 94.3 Å². The Morgan fingerprint density at radius 1 is 1.07 bits per heavy atom. The summed E-state index contributed by atoms with van der Waals surface area (Å²) >= 11 is 0. The van der Waals surface area contributed by atoms with Crippen molar-refractivity contribution in [1.82, 2.24) is 35.2 Å². The predicted molar refractivity (Wildman–Crippen MR) is 193 cm³/mol. The van der Waals surface area contributed by atoms with Crippen LogP contribution >= 0.6 is 9.39 Å². The highest BCUT2D eigenvalue weighted by molar-refractivity contribution is 8.25. The van der Waals surface area contributed by atoms with E-state index in [1.54, 1.807) is 18.5 Å². The lowest BCUT2D eigenvalue weighted by Crippen LogP contribution is -2.22. The van der Waals surface area contributed by atoms with Gasteiger partial charge in [0.25, 0.3) is 0 Å². The zero-order valence-electron chi connectivity index (χ0n) is 26.5. The molecule has 1 aromatic carbocycles. The minimum absolute atomic E-state index is 0.101. The molecule has 0 unspecified atom stereocenters. The average molecular weight is 622 g/mol. The van der Waals surface area contributed by atoms with Crippen LogP contribution in [0.3, 0.4) is 0 Å². The van der Waals surface area contributed by atoms with Gasteiger partial charge in [0.2, 0.25) is 0 Å². The van der Waals surface area contributed by atoms with Gasteiger partial charge in [-0.05, 0) is 72.4 Å². The van der Waals surface area contributed by atoms with Crippen molar-refractivity contribution in [3.8, 4) is 22.5 Å². The number of aromatic nitrogens is 5. The first-order valence-corrected chi connectivity index (χ1v) is 16.9. The first kappa shape index (κ1) is 31.7. The highest BCUT2D eigenvalue weighted by Crippen LogP contribution is 2.35. The van der Waals surface area contributed by atoms with Crippen LogP contribution in [0.5, 0.6) is 0 Å². The van der Waals surface area contributed by atoms with Gasteiger partial charge in [-0.25, -0.2) is 9.37 Å². The molecule has 7 nitrogen and oxygen atoms in total. The number of aromatic amines is 2. The van der Waals surface area contributed by atoms with Gasteiger partial charge in [-0.15, -0.1) is 0 Å². The fourth-order valence-electron chi connectivity index (χ4n) is 4.85. The van der Waals surface area contributed by atoms with Crippen LogP contribution in [0.2, 0.25) is 0 Å². The molecule has 232 valence electrons. The fraction of sp³-hybridized carbons (Fsp3) is 0.194. The van der Waals surface area contributed by atoms with Crippen LogP contribution < -0.4 is 10.0 Å². The molecule has 5 aromatic rings. The Morgan fingerprint density at radius 3 is 2.53 bits per heavy atom. The average Bonchev–Trinajstić information content (AvgIpc) is 3.60. The SMILES string of the molecule is C=C/C(=C\C(=C/C)c1cnc2n[nH]c(-c3cc4c(-c5cc(F)cc(CNS(=C)(=C)C)c5)cncc4[nH]3)c2c1)NC(=C)C(C)(C)C. The minimum Gasteiger partial charge on any atom is -0.359 e. The van der Waals surface area contributed by atoms with Crippen LogP contribution in [-0.2, 0) is 6.54 Å². The van der Waals surface area contributed by atoms with E-state index in [2.05, 4.69) is 86.9 Å². The third-order valence-electron chi connectivity index (χ3n) is 7.49. The Hall–Kier alpha value is -4.73. The van der Waals surface area contributed by atoms with E-state index in [0.29, 0.717) is 12.2 Å². The number of pyridine rings is 2. The molecule has 0 atom stereocenters. The van der Waals surface area contributed by atoms with E-state index >= 15 is 0 Å². The molecular formula is C36H40FN7S. The number of benzene rings is 1. The molecule has 0 spiro atoms. The molecule has 0 fully saturated rings. The number of nitrogens with zero attached hydrogens (tertiary/aromatic N) is 3. The van der Waals surface area contributed by atoms with E-state index in [0.717, 1.165) is 66.9 Å². The molecule has 0 radical (unpaired) electrons. The largest absolute Gasteiger partial charge is 0.359 e. The van der Waals surface area contributed by atoms with Crippen molar-refractivity contribution in [1.29, 1.82) is 0 Å². The minimum atomic E-state index is -1.44. The summed E-state index contributed by atoms with van der Waals surface area (Å²) < 4.78 is 18.1. The normalized spacial score (nSPS) is 13.0. The van der Waals surface area contributed by atoms with E-state index in [1.807, 2.05) is 43.7 Å². The van der Waals surface area contributed by atoms with E-state index in [1.165, 1.54) is 12.1 Å². The maximum absolute atomic E-state index is 14.8. The first-order valence-electron chi connectivity index (χ1n) is 14.5. The van der Waals surface area contributed by atoms with Crippen molar-refractivity contribution in [3.63, 3.8) is 0 Å². The van der Waals surface area contributed by atoms with Crippen LogP contribution in [0.4, 0.5) is 4.39 Å².